The third kappa shape index (κ3) is 2.78. The van der Waals surface area contributed by atoms with Crippen LogP contribution in [-0.4, -0.2) is 33.9 Å². The van der Waals surface area contributed by atoms with E-state index in [0.29, 0.717) is 6.54 Å². The second-order valence-corrected chi connectivity index (χ2v) is 6.66. The van der Waals surface area contributed by atoms with Gasteiger partial charge in [0.25, 0.3) is 0 Å². The van der Waals surface area contributed by atoms with Crippen LogP contribution in [0.4, 0.5) is 5.95 Å². The zero-order valence-electron chi connectivity index (χ0n) is 14.0. The molecule has 1 fully saturated rings. The van der Waals surface area contributed by atoms with E-state index in [2.05, 4.69) is 58.9 Å². The fraction of sp³-hybridized carbons (Fsp3) is 0.350. The number of para-hydroxylation sites is 2. The maximum Gasteiger partial charge on any atom is 0.206 e. The number of rotatable bonds is 3. The van der Waals surface area contributed by atoms with Crippen LogP contribution in [0.2, 0.25) is 0 Å². The molecule has 0 bridgehead atoms. The molecule has 0 spiro atoms. The number of hydrogen-bond acceptors (Lipinski definition) is 3. The average Bonchev–Trinajstić information content (AvgIpc) is 2.96. The number of hydrogen-bond donors (Lipinski definition) is 1. The van der Waals surface area contributed by atoms with Crippen LogP contribution in [0.5, 0.6) is 0 Å². The Kier molecular flexibility index (Phi) is 3.98. The molecule has 24 heavy (non-hydrogen) atoms. The Balaban J connectivity index is 1.80. The maximum absolute atomic E-state index is 10.1. The van der Waals surface area contributed by atoms with Gasteiger partial charge in [0, 0.05) is 13.1 Å². The standard InChI is InChI=1S/C20H23N3O/c1-15-7-2-3-8-16(15)13-23-19-11-5-4-10-18(19)21-20(23)22-12-6-9-17(24)14-22/h2-5,7-8,10-11,17,24H,6,9,12-14H2,1H3/t17-/m0/s1. The van der Waals surface area contributed by atoms with Crippen molar-refractivity contribution < 1.29 is 5.11 Å². The number of β-amino-alcohol motifs (C(OH)–C–C–N with tert-alkyl or cyclic N) is 1. The van der Waals surface area contributed by atoms with Crippen molar-refractivity contribution in [1.29, 1.82) is 0 Å². The van der Waals surface area contributed by atoms with Gasteiger partial charge in [0.05, 0.1) is 23.7 Å². The summed E-state index contributed by atoms with van der Waals surface area (Å²) in [5.41, 5.74) is 4.76. The summed E-state index contributed by atoms with van der Waals surface area (Å²) >= 11 is 0. The van der Waals surface area contributed by atoms with Gasteiger partial charge < -0.3 is 14.6 Å². The van der Waals surface area contributed by atoms with Crippen molar-refractivity contribution in [3.05, 3.63) is 59.7 Å². The molecule has 0 amide bonds. The molecule has 1 aromatic heterocycles. The van der Waals surface area contributed by atoms with E-state index in [4.69, 9.17) is 4.98 Å². The molecule has 0 radical (unpaired) electrons. The Morgan fingerprint density at radius 3 is 2.75 bits per heavy atom. The van der Waals surface area contributed by atoms with Gasteiger partial charge in [-0.05, 0) is 43.0 Å². The van der Waals surface area contributed by atoms with Crippen molar-refractivity contribution in [2.24, 2.45) is 0 Å². The molecule has 4 nitrogen and oxygen atoms in total. The van der Waals surface area contributed by atoms with Crippen molar-refractivity contribution in [3.8, 4) is 0 Å². The minimum absolute atomic E-state index is 0.259. The van der Waals surface area contributed by atoms with Gasteiger partial charge >= 0.3 is 0 Å². The summed E-state index contributed by atoms with van der Waals surface area (Å²) in [5.74, 6) is 0.971. The molecular weight excluding hydrogens is 298 g/mol. The first kappa shape index (κ1) is 15.2. The fourth-order valence-electron chi connectivity index (χ4n) is 3.55. The molecule has 0 saturated carbocycles. The van der Waals surface area contributed by atoms with E-state index in [1.807, 2.05) is 6.07 Å². The van der Waals surface area contributed by atoms with Crippen molar-refractivity contribution in [3.63, 3.8) is 0 Å². The summed E-state index contributed by atoms with van der Waals surface area (Å²) in [7, 11) is 0. The predicted octanol–water partition coefficient (Wildman–Crippen LogP) is 3.35. The number of nitrogens with zero attached hydrogens (tertiary/aromatic N) is 3. The lowest BCUT2D eigenvalue weighted by Crippen LogP contribution is -2.39. The highest BCUT2D eigenvalue weighted by Gasteiger charge is 2.23. The largest absolute Gasteiger partial charge is 0.391 e. The molecule has 0 unspecified atom stereocenters. The Hall–Kier alpha value is -2.33. The molecule has 1 aliphatic heterocycles. The lowest BCUT2D eigenvalue weighted by atomic mass is 10.1. The minimum atomic E-state index is -0.259. The highest BCUT2D eigenvalue weighted by molar-refractivity contribution is 5.79. The molecule has 0 aliphatic carbocycles. The summed E-state index contributed by atoms with van der Waals surface area (Å²) in [5, 5.41) is 10.1. The Bertz CT molecular complexity index is 855. The first-order valence-electron chi connectivity index (χ1n) is 8.65. The van der Waals surface area contributed by atoms with Crippen LogP contribution < -0.4 is 4.90 Å². The van der Waals surface area contributed by atoms with Crippen molar-refractivity contribution >= 4 is 17.0 Å². The zero-order valence-corrected chi connectivity index (χ0v) is 14.0. The van der Waals surface area contributed by atoms with E-state index in [0.717, 1.165) is 42.9 Å². The molecule has 4 rings (SSSR count). The first-order valence-corrected chi connectivity index (χ1v) is 8.65. The number of anilines is 1. The molecule has 2 heterocycles. The van der Waals surface area contributed by atoms with Gasteiger partial charge in [-0.2, -0.15) is 0 Å². The van der Waals surface area contributed by atoms with Crippen LogP contribution in [0, 0.1) is 6.92 Å². The molecule has 1 aliphatic rings. The van der Waals surface area contributed by atoms with E-state index in [-0.39, 0.29) is 6.10 Å². The lowest BCUT2D eigenvalue weighted by Gasteiger charge is -2.31. The summed E-state index contributed by atoms with van der Waals surface area (Å²) in [6, 6.07) is 16.8. The van der Waals surface area contributed by atoms with Crippen molar-refractivity contribution in [2.75, 3.05) is 18.0 Å². The van der Waals surface area contributed by atoms with E-state index in [1.165, 1.54) is 11.1 Å². The van der Waals surface area contributed by atoms with Crippen molar-refractivity contribution in [1.82, 2.24) is 9.55 Å². The minimum Gasteiger partial charge on any atom is -0.391 e. The monoisotopic (exact) mass is 321 g/mol. The molecule has 4 heteroatoms. The van der Waals surface area contributed by atoms with Gasteiger partial charge in [0.1, 0.15) is 0 Å². The average molecular weight is 321 g/mol. The van der Waals surface area contributed by atoms with Crippen molar-refractivity contribution in [2.45, 2.75) is 32.4 Å². The highest BCUT2D eigenvalue weighted by atomic mass is 16.3. The number of piperidine rings is 1. The second-order valence-electron chi connectivity index (χ2n) is 6.66. The number of aryl methyl sites for hydroxylation is 1. The van der Waals surface area contributed by atoms with Gasteiger partial charge in [-0.25, -0.2) is 4.98 Å². The SMILES string of the molecule is Cc1ccccc1Cn1c(N2CCC[C@H](O)C2)nc2ccccc21. The molecule has 2 aromatic carbocycles. The fourth-order valence-corrected chi connectivity index (χ4v) is 3.55. The van der Waals surface area contributed by atoms with Crippen LogP contribution in [0.3, 0.4) is 0 Å². The van der Waals surface area contributed by atoms with Gasteiger partial charge in [-0.1, -0.05) is 36.4 Å². The van der Waals surface area contributed by atoms with E-state index < -0.39 is 0 Å². The number of aliphatic hydroxyl groups is 1. The van der Waals surface area contributed by atoms with Crippen LogP contribution in [0.15, 0.2) is 48.5 Å². The first-order chi connectivity index (χ1) is 11.7. The summed E-state index contributed by atoms with van der Waals surface area (Å²) < 4.78 is 2.29. The Labute approximate surface area is 142 Å². The number of aliphatic hydroxyl groups excluding tert-OH is 1. The molecule has 1 saturated heterocycles. The van der Waals surface area contributed by atoms with Crippen LogP contribution >= 0.6 is 0 Å². The number of benzene rings is 2. The molecular formula is C20H23N3O. The van der Waals surface area contributed by atoms with Crippen LogP contribution in [0.25, 0.3) is 11.0 Å². The lowest BCUT2D eigenvalue weighted by molar-refractivity contribution is 0.153. The number of imidazole rings is 1. The highest BCUT2D eigenvalue weighted by Crippen LogP contribution is 2.27. The quantitative estimate of drug-likeness (QED) is 0.804. The Morgan fingerprint density at radius 1 is 1.12 bits per heavy atom. The third-order valence-corrected chi connectivity index (χ3v) is 4.90. The smallest absolute Gasteiger partial charge is 0.206 e. The number of aromatic nitrogens is 2. The van der Waals surface area contributed by atoms with E-state index >= 15 is 0 Å². The maximum atomic E-state index is 10.1. The molecule has 1 atom stereocenters. The molecule has 1 N–H and O–H groups in total. The van der Waals surface area contributed by atoms with Gasteiger partial charge in [0.15, 0.2) is 0 Å². The molecule has 3 aromatic rings. The molecule has 124 valence electrons. The van der Waals surface area contributed by atoms with Gasteiger partial charge in [0.2, 0.25) is 5.95 Å². The second kappa shape index (κ2) is 6.29. The zero-order chi connectivity index (χ0) is 16.5. The summed E-state index contributed by atoms with van der Waals surface area (Å²) in [4.78, 5) is 7.10. The Morgan fingerprint density at radius 2 is 1.92 bits per heavy atom. The van der Waals surface area contributed by atoms with Gasteiger partial charge in [-0.3, -0.25) is 0 Å². The summed E-state index contributed by atoms with van der Waals surface area (Å²) in [6.45, 7) is 4.57. The summed E-state index contributed by atoms with van der Waals surface area (Å²) in [6.07, 6.45) is 1.63. The van der Waals surface area contributed by atoms with E-state index in [1.54, 1.807) is 0 Å². The van der Waals surface area contributed by atoms with Crippen LogP contribution in [-0.2, 0) is 6.54 Å². The predicted molar refractivity (Wildman–Crippen MR) is 97.5 cm³/mol. The number of fused-ring (bicyclic) bond motifs is 1. The topological polar surface area (TPSA) is 41.3 Å². The third-order valence-electron chi connectivity index (χ3n) is 4.90. The van der Waals surface area contributed by atoms with E-state index in [9.17, 15) is 5.11 Å². The normalized spacial score (nSPS) is 18.2. The van der Waals surface area contributed by atoms with Gasteiger partial charge in [-0.15, -0.1) is 0 Å². The van der Waals surface area contributed by atoms with Crippen LogP contribution in [0.1, 0.15) is 24.0 Å².